The van der Waals surface area contributed by atoms with Crippen molar-refractivity contribution in [3.63, 3.8) is 0 Å². The van der Waals surface area contributed by atoms with Crippen molar-refractivity contribution in [1.82, 2.24) is 4.57 Å². The second-order valence-electron chi connectivity index (χ2n) is 14.6. The summed E-state index contributed by atoms with van der Waals surface area (Å²) in [5.41, 5.74) is 15.8. The molecule has 0 radical (unpaired) electrons. The molecule has 0 aliphatic carbocycles. The van der Waals surface area contributed by atoms with E-state index in [-0.39, 0.29) is 0 Å². The Balaban J connectivity index is 0.981. The van der Waals surface area contributed by atoms with Gasteiger partial charge in [0, 0.05) is 36.6 Å². The molecular formula is C54H35NS. The van der Waals surface area contributed by atoms with Crippen LogP contribution in [0, 0.1) is 0 Å². The summed E-state index contributed by atoms with van der Waals surface area (Å²) in [4.78, 5) is 0. The maximum Gasteiger partial charge on any atom is 0.0541 e. The first-order valence-electron chi connectivity index (χ1n) is 19.2. The fourth-order valence-corrected chi connectivity index (χ4v) is 9.48. The van der Waals surface area contributed by atoms with Crippen LogP contribution >= 0.6 is 11.3 Å². The van der Waals surface area contributed by atoms with Gasteiger partial charge in [-0.3, -0.25) is 0 Å². The molecule has 2 aromatic heterocycles. The molecule has 2 heteroatoms. The van der Waals surface area contributed by atoms with Crippen LogP contribution in [-0.2, 0) is 0 Å². The smallest absolute Gasteiger partial charge is 0.0541 e. The zero-order valence-electron chi connectivity index (χ0n) is 30.6. The molecule has 262 valence electrons. The molecule has 2 heterocycles. The number of fused-ring (bicyclic) bond motifs is 6. The van der Waals surface area contributed by atoms with Crippen molar-refractivity contribution in [3.05, 3.63) is 212 Å². The van der Waals surface area contributed by atoms with Crippen LogP contribution in [0.3, 0.4) is 0 Å². The van der Waals surface area contributed by atoms with Gasteiger partial charge in [0.05, 0.1) is 11.0 Å². The highest BCUT2D eigenvalue weighted by molar-refractivity contribution is 7.25. The number of thiophene rings is 1. The summed E-state index contributed by atoms with van der Waals surface area (Å²) in [5, 5.41) is 5.12. The number of hydrogen-bond acceptors (Lipinski definition) is 1. The van der Waals surface area contributed by atoms with Gasteiger partial charge in [-0.15, -0.1) is 11.3 Å². The third-order valence-corrected chi connectivity index (χ3v) is 12.3. The molecule has 9 aromatic carbocycles. The highest BCUT2D eigenvalue weighted by Crippen LogP contribution is 2.40. The molecular weight excluding hydrogens is 695 g/mol. The molecule has 0 unspecified atom stereocenters. The number of para-hydroxylation sites is 1. The van der Waals surface area contributed by atoms with Crippen LogP contribution in [0.5, 0.6) is 0 Å². The molecule has 56 heavy (non-hydrogen) atoms. The molecule has 0 amide bonds. The van der Waals surface area contributed by atoms with Crippen molar-refractivity contribution in [1.29, 1.82) is 0 Å². The summed E-state index contributed by atoms with van der Waals surface area (Å²) >= 11 is 1.87. The minimum Gasteiger partial charge on any atom is -0.309 e. The maximum atomic E-state index is 2.42. The maximum absolute atomic E-state index is 2.42. The van der Waals surface area contributed by atoms with Crippen LogP contribution in [0.25, 0.3) is 103 Å². The Kier molecular flexibility index (Phi) is 7.75. The lowest BCUT2D eigenvalue weighted by atomic mass is 9.96. The van der Waals surface area contributed by atoms with E-state index >= 15 is 0 Å². The molecule has 1 nitrogen and oxygen atoms in total. The Morgan fingerprint density at radius 3 is 1.27 bits per heavy atom. The van der Waals surface area contributed by atoms with Crippen molar-refractivity contribution >= 4 is 53.3 Å². The second-order valence-corrected chi connectivity index (χ2v) is 15.6. The molecule has 0 aliphatic heterocycles. The highest BCUT2D eigenvalue weighted by Gasteiger charge is 2.15. The van der Waals surface area contributed by atoms with Crippen LogP contribution in [0.1, 0.15) is 0 Å². The molecule has 0 bridgehead atoms. The molecule has 0 spiro atoms. The fraction of sp³-hybridized carbons (Fsp3) is 0. The van der Waals surface area contributed by atoms with Crippen molar-refractivity contribution < 1.29 is 0 Å². The predicted molar refractivity (Wildman–Crippen MR) is 241 cm³/mol. The molecule has 0 saturated carbocycles. The van der Waals surface area contributed by atoms with Crippen LogP contribution in [0.4, 0.5) is 0 Å². The van der Waals surface area contributed by atoms with Gasteiger partial charge in [-0.1, -0.05) is 146 Å². The van der Waals surface area contributed by atoms with Crippen LogP contribution in [0.2, 0.25) is 0 Å². The summed E-state index contributed by atoms with van der Waals surface area (Å²) in [6, 6.07) is 77.7. The first-order chi connectivity index (χ1) is 27.7. The third-order valence-electron chi connectivity index (χ3n) is 11.2. The third kappa shape index (κ3) is 5.62. The molecule has 0 atom stereocenters. The molecule has 0 saturated heterocycles. The topological polar surface area (TPSA) is 4.93 Å². The number of rotatable bonds is 6. The van der Waals surface area contributed by atoms with E-state index in [2.05, 4.69) is 217 Å². The number of aromatic nitrogens is 1. The first kappa shape index (κ1) is 32.4. The quantitative estimate of drug-likeness (QED) is 0.161. The Hall–Kier alpha value is -7.00. The summed E-state index contributed by atoms with van der Waals surface area (Å²) in [5.74, 6) is 0. The molecule has 0 fully saturated rings. The lowest BCUT2D eigenvalue weighted by molar-refractivity contribution is 1.18. The first-order valence-corrected chi connectivity index (χ1v) is 20.0. The molecule has 0 N–H and O–H groups in total. The van der Waals surface area contributed by atoms with E-state index in [1.807, 2.05) is 11.3 Å². The Bertz CT molecular complexity index is 3240. The number of hydrogen-bond donors (Lipinski definition) is 0. The van der Waals surface area contributed by atoms with Gasteiger partial charge in [0.15, 0.2) is 0 Å². The predicted octanol–water partition coefficient (Wildman–Crippen LogP) is 15.5. The summed E-state index contributed by atoms with van der Waals surface area (Å²) in [6.07, 6.45) is 0. The highest BCUT2D eigenvalue weighted by atomic mass is 32.1. The average molecular weight is 730 g/mol. The summed E-state index contributed by atoms with van der Waals surface area (Å²) in [7, 11) is 0. The molecule has 0 aliphatic rings. The summed E-state index contributed by atoms with van der Waals surface area (Å²) in [6.45, 7) is 0. The van der Waals surface area contributed by atoms with Gasteiger partial charge in [-0.25, -0.2) is 0 Å². The zero-order chi connectivity index (χ0) is 37.0. The minimum absolute atomic E-state index is 1.16. The van der Waals surface area contributed by atoms with E-state index < -0.39 is 0 Å². The van der Waals surface area contributed by atoms with E-state index in [4.69, 9.17) is 0 Å². The molecule has 11 aromatic rings. The lowest BCUT2D eigenvalue weighted by Crippen LogP contribution is -1.94. The SMILES string of the molecule is c1ccc(-c2cccc(-c3cccc(-c4ccc5c(c4)c4ccccc4n5-c4cccc(-c5ccc6sc7ccc(-c8ccccc8)cc7c6c5)c4)c3)c2)cc1. The monoisotopic (exact) mass is 729 g/mol. The normalized spacial score (nSPS) is 11.6. The van der Waals surface area contributed by atoms with Gasteiger partial charge < -0.3 is 4.57 Å². The van der Waals surface area contributed by atoms with Gasteiger partial charge in [0.2, 0.25) is 0 Å². The average Bonchev–Trinajstić information content (AvgIpc) is 3.82. The lowest BCUT2D eigenvalue weighted by Gasteiger charge is -2.11. The van der Waals surface area contributed by atoms with E-state index in [1.165, 1.54) is 97.6 Å². The van der Waals surface area contributed by atoms with Gasteiger partial charge in [0.1, 0.15) is 0 Å². The van der Waals surface area contributed by atoms with Gasteiger partial charge >= 0.3 is 0 Å². The van der Waals surface area contributed by atoms with Crippen molar-refractivity contribution in [2.24, 2.45) is 0 Å². The van der Waals surface area contributed by atoms with Gasteiger partial charge in [-0.2, -0.15) is 0 Å². The number of nitrogens with zero attached hydrogens (tertiary/aromatic N) is 1. The van der Waals surface area contributed by atoms with E-state index in [1.54, 1.807) is 0 Å². The second kappa shape index (κ2) is 13.4. The van der Waals surface area contributed by atoms with Crippen LogP contribution in [0.15, 0.2) is 212 Å². The van der Waals surface area contributed by atoms with Gasteiger partial charge in [-0.05, 0) is 122 Å². The van der Waals surface area contributed by atoms with E-state index in [0.717, 1.165) is 5.69 Å². The molecule has 11 rings (SSSR count). The standard InChI is InChI=1S/C54H35NS/c1-3-12-36(13-4-1)38-16-9-17-39(30-38)40-18-10-19-41(31-40)44-24-27-52-48(33-44)47-22-7-8-23-51(47)55(52)46-21-11-20-42(32-46)45-26-29-54-50(35-45)49-34-43(25-28-53(49)56-54)37-14-5-2-6-15-37/h1-35H. The van der Waals surface area contributed by atoms with Crippen LogP contribution < -0.4 is 0 Å². The zero-order valence-corrected chi connectivity index (χ0v) is 31.4. The van der Waals surface area contributed by atoms with Gasteiger partial charge in [0.25, 0.3) is 0 Å². The Labute approximate surface area is 330 Å². The summed E-state index contributed by atoms with van der Waals surface area (Å²) < 4.78 is 5.06. The Morgan fingerprint density at radius 1 is 0.250 bits per heavy atom. The van der Waals surface area contributed by atoms with Crippen molar-refractivity contribution in [2.45, 2.75) is 0 Å². The van der Waals surface area contributed by atoms with Crippen molar-refractivity contribution in [2.75, 3.05) is 0 Å². The minimum atomic E-state index is 1.16. The fourth-order valence-electron chi connectivity index (χ4n) is 8.41. The van der Waals surface area contributed by atoms with E-state index in [9.17, 15) is 0 Å². The largest absolute Gasteiger partial charge is 0.309 e. The number of benzene rings is 9. The van der Waals surface area contributed by atoms with E-state index in [0.29, 0.717) is 0 Å². The van der Waals surface area contributed by atoms with Crippen molar-refractivity contribution in [3.8, 4) is 61.3 Å². The van der Waals surface area contributed by atoms with Crippen LogP contribution in [-0.4, -0.2) is 4.57 Å². The Morgan fingerprint density at radius 2 is 0.661 bits per heavy atom.